The van der Waals surface area contributed by atoms with E-state index in [-0.39, 0.29) is 11.8 Å². The lowest BCUT2D eigenvalue weighted by Crippen LogP contribution is -2.24. The number of pyridine rings is 1. The van der Waals surface area contributed by atoms with Crippen LogP contribution in [0.25, 0.3) is 22.5 Å². The number of hydrogen-bond donors (Lipinski definition) is 1. The van der Waals surface area contributed by atoms with Crippen LogP contribution in [0.4, 0.5) is 0 Å². The van der Waals surface area contributed by atoms with Crippen LogP contribution in [0.3, 0.4) is 0 Å². The summed E-state index contributed by atoms with van der Waals surface area (Å²) in [6.45, 7) is 6.57. The van der Waals surface area contributed by atoms with Crippen LogP contribution in [0.15, 0.2) is 79.4 Å². The molecule has 0 aliphatic rings. The number of aryl methyl sites for hydroxylation is 1. The van der Waals surface area contributed by atoms with E-state index in [1.165, 1.54) is 5.56 Å². The van der Waals surface area contributed by atoms with E-state index < -0.39 is 0 Å². The molecule has 0 atom stereocenters. The number of carbonyl (C=O) groups is 1. The Balaban J connectivity index is 1.32. The predicted molar refractivity (Wildman–Crippen MR) is 132 cm³/mol. The quantitative estimate of drug-likeness (QED) is 0.396. The summed E-state index contributed by atoms with van der Waals surface area (Å²) in [4.78, 5) is 22.0. The maximum Gasteiger partial charge on any atom is 0.255 e. The van der Waals surface area contributed by atoms with Crippen molar-refractivity contribution < 1.29 is 4.79 Å². The molecular weight excluding hydrogens is 424 g/mol. The first-order valence-corrected chi connectivity index (χ1v) is 11.3. The second-order valence-electron chi connectivity index (χ2n) is 8.66. The number of para-hydroxylation sites is 2. The Kier molecular flexibility index (Phi) is 5.67. The highest BCUT2D eigenvalue weighted by atomic mass is 16.1. The van der Waals surface area contributed by atoms with Gasteiger partial charge < -0.3 is 5.32 Å². The summed E-state index contributed by atoms with van der Waals surface area (Å²) in [5, 5.41) is 7.53. The van der Waals surface area contributed by atoms with Crippen LogP contribution in [-0.4, -0.2) is 30.2 Å². The Morgan fingerprint density at radius 3 is 2.50 bits per heavy atom. The average molecular weight is 451 g/mol. The van der Waals surface area contributed by atoms with Gasteiger partial charge in [0, 0.05) is 12.7 Å². The monoisotopic (exact) mass is 450 g/mol. The minimum Gasteiger partial charge on any atom is -0.348 e. The maximum atomic E-state index is 13.0. The van der Waals surface area contributed by atoms with Crippen molar-refractivity contribution in [1.82, 2.24) is 29.6 Å². The third-order valence-electron chi connectivity index (χ3n) is 5.84. The molecule has 0 spiro atoms. The van der Waals surface area contributed by atoms with Crippen molar-refractivity contribution in [2.45, 2.75) is 33.2 Å². The van der Waals surface area contributed by atoms with E-state index in [1.807, 2.05) is 76.8 Å². The molecule has 0 aliphatic carbocycles. The molecule has 0 saturated heterocycles. The number of fused-ring (bicyclic) bond motifs is 1. The van der Waals surface area contributed by atoms with E-state index in [4.69, 9.17) is 0 Å². The molecule has 5 aromatic rings. The first-order chi connectivity index (χ1) is 16.5. The molecule has 7 heteroatoms. The highest BCUT2D eigenvalue weighted by molar-refractivity contribution is 5.95. The van der Waals surface area contributed by atoms with Crippen molar-refractivity contribution >= 4 is 16.9 Å². The van der Waals surface area contributed by atoms with Crippen molar-refractivity contribution in [2.24, 2.45) is 0 Å². The third-order valence-corrected chi connectivity index (χ3v) is 5.84. The summed E-state index contributed by atoms with van der Waals surface area (Å²) >= 11 is 0. The van der Waals surface area contributed by atoms with Crippen molar-refractivity contribution in [3.05, 3.63) is 102 Å². The van der Waals surface area contributed by atoms with Gasteiger partial charge in [-0.15, -0.1) is 0 Å². The van der Waals surface area contributed by atoms with E-state index in [2.05, 4.69) is 34.2 Å². The number of aromatic nitrogens is 5. The number of nitrogens with zero attached hydrogens (tertiary/aromatic N) is 5. The second-order valence-corrected chi connectivity index (χ2v) is 8.66. The summed E-state index contributed by atoms with van der Waals surface area (Å²) < 4.78 is 3.80. The van der Waals surface area contributed by atoms with Gasteiger partial charge in [-0.05, 0) is 48.7 Å². The average Bonchev–Trinajstić information content (AvgIpc) is 3.48. The zero-order valence-electron chi connectivity index (χ0n) is 19.4. The Bertz CT molecular complexity index is 1450. The lowest BCUT2D eigenvalue weighted by atomic mass is 10.0. The highest BCUT2D eigenvalue weighted by Crippen LogP contribution is 2.23. The molecule has 34 heavy (non-hydrogen) atoms. The van der Waals surface area contributed by atoms with Crippen molar-refractivity contribution in [3.63, 3.8) is 0 Å². The van der Waals surface area contributed by atoms with Crippen LogP contribution < -0.4 is 5.32 Å². The lowest BCUT2D eigenvalue weighted by Gasteiger charge is -2.13. The molecule has 1 N–H and O–H groups in total. The highest BCUT2D eigenvalue weighted by Gasteiger charge is 2.20. The summed E-state index contributed by atoms with van der Waals surface area (Å²) in [5.41, 5.74) is 6.45. The van der Waals surface area contributed by atoms with Crippen LogP contribution >= 0.6 is 0 Å². The normalized spacial score (nSPS) is 11.3. The molecule has 3 heterocycles. The summed E-state index contributed by atoms with van der Waals surface area (Å²) in [6.07, 6.45) is 5.20. The SMILES string of the molecule is Cc1ccc(-n2ncc(C(=O)NCc3ccc(-n4cnc5ccccc54)nc3)c2C(C)C)cc1. The van der Waals surface area contributed by atoms with Crippen molar-refractivity contribution in [2.75, 3.05) is 0 Å². The maximum absolute atomic E-state index is 13.0. The first-order valence-electron chi connectivity index (χ1n) is 11.3. The van der Waals surface area contributed by atoms with E-state index in [9.17, 15) is 4.79 Å². The lowest BCUT2D eigenvalue weighted by molar-refractivity contribution is 0.0949. The van der Waals surface area contributed by atoms with E-state index >= 15 is 0 Å². The molecule has 2 aromatic carbocycles. The van der Waals surface area contributed by atoms with Crippen molar-refractivity contribution in [3.8, 4) is 11.5 Å². The molecule has 0 radical (unpaired) electrons. The van der Waals surface area contributed by atoms with Crippen LogP contribution in [0.2, 0.25) is 0 Å². The van der Waals surface area contributed by atoms with E-state index in [0.29, 0.717) is 12.1 Å². The van der Waals surface area contributed by atoms with Gasteiger partial charge in [0.2, 0.25) is 0 Å². The van der Waals surface area contributed by atoms with Gasteiger partial charge in [-0.1, -0.05) is 49.7 Å². The van der Waals surface area contributed by atoms with E-state index in [0.717, 1.165) is 33.8 Å². The van der Waals surface area contributed by atoms with E-state index in [1.54, 1.807) is 18.7 Å². The van der Waals surface area contributed by atoms with Gasteiger partial charge in [0.05, 0.1) is 34.2 Å². The molecular formula is C27H26N6O. The second kappa shape index (κ2) is 8.94. The van der Waals surface area contributed by atoms with Gasteiger partial charge in [0.1, 0.15) is 12.1 Å². The van der Waals surface area contributed by atoms with Crippen LogP contribution in [0.1, 0.15) is 46.9 Å². The standard InChI is InChI=1S/C27H26N6O/c1-18(2)26-22(16-31-33(26)21-11-8-19(3)9-12-21)27(34)29-15-20-10-13-25(28-14-20)32-17-30-23-6-4-5-7-24(23)32/h4-14,16-18H,15H2,1-3H3,(H,29,34). The molecule has 0 unspecified atom stereocenters. The number of benzene rings is 2. The number of imidazole rings is 1. The number of amides is 1. The minimum atomic E-state index is -0.147. The predicted octanol–water partition coefficient (Wildman–Crippen LogP) is 4.97. The smallest absolute Gasteiger partial charge is 0.255 e. The molecule has 170 valence electrons. The molecule has 0 aliphatic heterocycles. The molecule has 0 fully saturated rings. The van der Waals surface area contributed by atoms with Gasteiger partial charge in [-0.25, -0.2) is 14.6 Å². The number of carbonyl (C=O) groups excluding carboxylic acids is 1. The van der Waals surface area contributed by atoms with Gasteiger partial charge in [0.25, 0.3) is 5.91 Å². The molecule has 1 amide bonds. The Labute approximate surface area is 198 Å². The number of hydrogen-bond acceptors (Lipinski definition) is 4. The minimum absolute atomic E-state index is 0.135. The summed E-state index contributed by atoms with van der Waals surface area (Å²) in [6, 6.07) is 20.0. The summed E-state index contributed by atoms with van der Waals surface area (Å²) in [7, 11) is 0. The molecule has 0 bridgehead atoms. The zero-order valence-corrected chi connectivity index (χ0v) is 19.4. The van der Waals surface area contributed by atoms with Crippen LogP contribution in [0.5, 0.6) is 0 Å². The largest absolute Gasteiger partial charge is 0.348 e. The molecule has 7 nitrogen and oxygen atoms in total. The van der Waals surface area contributed by atoms with Crippen LogP contribution in [-0.2, 0) is 6.54 Å². The van der Waals surface area contributed by atoms with Crippen LogP contribution in [0, 0.1) is 6.92 Å². The van der Waals surface area contributed by atoms with Gasteiger partial charge in [-0.2, -0.15) is 5.10 Å². The fraction of sp³-hybridized carbons (Fsp3) is 0.185. The van der Waals surface area contributed by atoms with Crippen molar-refractivity contribution in [1.29, 1.82) is 0 Å². The first kappa shape index (κ1) is 21.6. The third kappa shape index (κ3) is 4.08. The van der Waals surface area contributed by atoms with Gasteiger partial charge in [-0.3, -0.25) is 9.36 Å². The Morgan fingerprint density at radius 2 is 1.76 bits per heavy atom. The zero-order chi connectivity index (χ0) is 23.7. The number of nitrogens with one attached hydrogen (secondary N) is 1. The fourth-order valence-electron chi connectivity index (χ4n) is 4.06. The molecule has 3 aromatic heterocycles. The fourth-order valence-corrected chi connectivity index (χ4v) is 4.06. The molecule has 0 saturated carbocycles. The Morgan fingerprint density at radius 1 is 0.971 bits per heavy atom. The van der Waals surface area contributed by atoms with Gasteiger partial charge >= 0.3 is 0 Å². The Hall–Kier alpha value is -4.26. The topological polar surface area (TPSA) is 77.6 Å². The van der Waals surface area contributed by atoms with Gasteiger partial charge in [0.15, 0.2) is 0 Å². The number of rotatable bonds is 6. The summed E-state index contributed by atoms with van der Waals surface area (Å²) in [5.74, 6) is 0.771. The molecule has 5 rings (SSSR count).